The molecule has 0 spiro atoms. The maximum absolute atomic E-state index is 13.3. The second-order valence-corrected chi connectivity index (χ2v) is 7.35. The van der Waals surface area contributed by atoms with E-state index in [1.54, 1.807) is 43.3 Å². The van der Waals surface area contributed by atoms with Crippen molar-refractivity contribution in [3.63, 3.8) is 0 Å². The molecule has 2 aliphatic heterocycles. The summed E-state index contributed by atoms with van der Waals surface area (Å²) in [6.07, 6.45) is 0. The summed E-state index contributed by atoms with van der Waals surface area (Å²) in [5, 5.41) is 12.9. The van der Waals surface area contributed by atoms with E-state index in [0.717, 1.165) is 4.90 Å². The number of rotatable bonds is 4. The fourth-order valence-corrected chi connectivity index (χ4v) is 4.54. The normalized spacial score (nSPS) is 28.5. The van der Waals surface area contributed by atoms with E-state index in [9.17, 15) is 19.5 Å². The van der Waals surface area contributed by atoms with Crippen LogP contribution < -0.4 is 5.32 Å². The number of benzene rings is 2. The molecule has 150 valence electrons. The zero-order valence-corrected chi connectivity index (χ0v) is 16.2. The highest BCUT2D eigenvalue weighted by atomic mass is 16.5. The predicted octanol–water partition coefficient (Wildman–Crippen LogP) is 1.73. The Balaban J connectivity index is 1.93. The first-order valence-electron chi connectivity index (χ1n) is 9.52. The van der Waals surface area contributed by atoms with Gasteiger partial charge in [0.2, 0.25) is 11.8 Å². The first kappa shape index (κ1) is 19.1. The van der Waals surface area contributed by atoms with Crippen LogP contribution in [0.1, 0.15) is 24.1 Å². The Kier molecular flexibility index (Phi) is 4.62. The van der Waals surface area contributed by atoms with Crippen LogP contribution in [-0.2, 0) is 24.7 Å². The van der Waals surface area contributed by atoms with Crippen LogP contribution >= 0.6 is 0 Å². The number of amides is 2. The number of hydrogen-bond donors (Lipinski definition) is 2. The number of ether oxygens (including phenoxy) is 1. The molecular formula is C22H22N2O5. The molecule has 4 unspecified atom stereocenters. The molecule has 29 heavy (non-hydrogen) atoms. The van der Waals surface area contributed by atoms with E-state index in [1.807, 2.05) is 6.07 Å². The van der Waals surface area contributed by atoms with Crippen molar-refractivity contribution < 1.29 is 24.2 Å². The Morgan fingerprint density at radius 3 is 2.38 bits per heavy atom. The SMILES string of the molecule is CCOC(=O)C1(c2ccccc2)NC(c2ccc(O)cc2)C2C(=O)N(C)C(=O)C21. The number of phenolic OH excluding ortho intramolecular Hbond substituents is 1. The highest BCUT2D eigenvalue weighted by Gasteiger charge is 2.69. The van der Waals surface area contributed by atoms with E-state index in [0.29, 0.717) is 11.1 Å². The average molecular weight is 394 g/mol. The lowest BCUT2D eigenvalue weighted by molar-refractivity contribution is -0.156. The number of nitrogens with zero attached hydrogens (tertiary/aromatic N) is 1. The van der Waals surface area contributed by atoms with Crippen molar-refractivity contribution >= 4 is 17.8 Å². The molecule has 2 N–H and O–H groups in total. The number of aromatic hydroxyl groups is 1. The molecule has 0 aliphatic carbocycles. The summed E-state index contributed by atoms with van der Waals surface area (Å²) in [6.45, 7) is 1.85. The lowest BCUT2D eigenvalue weighted by atomic mass is 9.75. The Hall–Kier alpha value is -3.19. The second-order valence-electron chi connectivity index (χ2n) is 7.35. The van der Waals surface area contributed by atoms with Gasteiger partial charge in [-0.3, -0.25) is 19.8 Å². The van der Waals surface area contributed by atoms with Crippen molar-refractivity contribution in [2.45, 2.75) is 18.5 Å². The Bertz CT molecular complexity index is 959. The summed E-state index contributed by atoms with van der Waals surface area (Å²) in [7, 11) is 1.44. The minimum absolute atomic E-state index is 0.0916. The van der Waals surface area contributed by atoms with Crippen LogP contribution in [0.25, 0.3) is 0 Å². The molecule has 0 bridgehead atoms. The third-order valence-corrected chi connectivity index (χ3v) is 5.86. The van der Waals surface area contributed by atoms with E-state index in [4.69, 9.17) is 4.74 Å². The van der Waals surface area contributed by atoms with Gasteiger partial charge in [0.15, 0.2) is 5.54 Å². The third-order valence-electron chi connectivity index (χ3n) is 5.86. The van der Waals surface area contributed by atoms with Crippen LogP contribution in [0.15, 0.2) is 54.6 Å². The van der Waals surface area contributed by atoms with Crippen LogP contribution in [0, 0.1) is 11.8 Å². The quantitative estimate of drug-likeness (QED) is 0.606. The number of carbonyl (C=O) groups excluding carboxylic acids is 3. The number of fused-ring (bicyclic) bond motifs is 1. The summed E-state index contributed by atoms with van der Waals surface area (Å²) >= 11 is 0. The monoisotopic (exact) mass is 394 g/mol. The van der Waals surface area contributed by atoms with Crippen LogP contribution in [0.3, 0.4) is 0 Å². The van der Waals surface area contributed by atoms with Crippen molar-refractivity contribution in [2.75, 3.05) is 13.7 Å². The maximum atomic E-state index is 13.3. The second kappa shape index (κ2) is 7.00. The van der Waals surface area contributed by atoms with Gasteiger partial charge in [-0.2, -0.15) is 0 Å². The smallest absolute Gasteiger partial charge is 0.331 e. The van der Waals surface area contributed by atoms with Crippen molar-refractivity contribution in [3.05, 3.63) is 65.7 Å². The lowest BCUT2D eigenvalue weighted by Gasteiger charge is -2.33. The molecule has 2 heterocycles. The molecule has 2 saturated heterocycles. The molecule has 0 saturated carbocycles. The number of esters is 1. The molecule has 7 heteroatoms. The largest absolute Gasteiger partial charge is 0.508 e. The van der Waals surface area contributed by atoms with E-state index in [1.165, 1.54) is 19.2 Å². The average Bonchev–Trinajstić information content (AvgIpc) is 3.20. The van der Waals surface area contributed by atoms with Gasteiger partial charge in [0, 0.05) is 13.1 Å². The Morgan fingerprint density at radius 2 is 1.76 bits per heavy atom. The number of nitrogens with one attached hydrogen (secondary N) is 1. The van der Waals surface area contributed by atoms with E-state index in [2.05, 4.69) is 5.32 Å². The number of likely N-dealkylation sites (tertiary alicyclic amines) is 1. The van der Waals surface area contributed by atoms with E-state index < -0.39 is 35.3 Å². The van der Waals surface area contributed by atoms with Crippen LogP contribution in [0.5, 0.6) is 5.75 Å². The molecule has 2 aromatic carbocycles. The summed E-state index contributed by atoms with van der Waals surface area (Å²) in [5.41, 5.74) is -0.204. The van der Waals surface area contributed by atoms with Gasteiger partial charge in [-0.15, -0.1) is 0 Å². The molecule has 2 aliphatic rings. The van der Waals surface area contributed by atoms with Gasteiger partial charge in [-0.25, -0.2) is 4.79 Å². The van der Waals surface area contributed by atoms with Crippen molar-refractivity contribution in [1.82, 2.24) is 10.2 Å². The Morgan fingerprint density at radius 1 is 1.10 bits per heavy atom. The van der Waals surface area contributed by atoms with E-state index in [-0.39, 0.29) is 18.3 Å². The van der Waals surface area contributed by atoms with Gasteiger partial charge in [0.05, 0.1) is 18.4 Å². The lowest BCUT2D eigenvalue weighted by Crippen LogP contribution is -2.53. The van der Waals surface area contributed by atoms with Gasteiger partial charge in [-0.05, 0) is 30.2 Å². The van der Waals surface area contributed by atoms with Gasteiger partial charge >= 0.3 is 5.97 Å². The molecule has 2 aromatic rings. The molecular weight excluding hydrogens is 372 g/mol. The molecule has 0 aromatic heterocycles. The summed E-state index contributed by atoms with van der Waals surface area (Å²) in [6, 6.07) is 14.7. The molecule has 2 amide bonds. The standard InChI is InChI=1S/C22H22N2O5/c1-3-29-21(28)22(14-7-5-4-6-8-14)17-16(19(26)24(2)20(17)27)18(23-22)13-9-11-15(25)12-10-13/h4-12,16-18,23,25H,3H2,1-2H3. The van der Waals surface area contributed by atoms with Gasteiger partial charge in [-0.1, -0.05) is 42.5 Å². The van der Waals surface area contributed by atoms with Gasteiger partial charge in [0.25, 0.3) is 0 Å². The number of hydrogen-bond acceptors (Lipinski definition) is 6. The molecule has 7 nitrogen and oxygen atoms in total. The minimum atomic E-state index is -1.48. The molecule has 4 atom stereocenters. The first-order chi connectivity index (χ1) is 13.9. The van der Waals surface area contributed by atoms with E-state index >= 15 is 0 Å². The summed E-state index contributed by atoms with van der Waals surface area (Å²) < 4.78 is 5.39. The number of carbonyl (C=O) groups is 3. The van der Waals surface area contributed by atoms with Crippen molar-refractivity contribution in [3.8, 4) is 5.75 Å². The zero-order chi connectivity index (χ0) is 20.8. The fraction of sp³-hybridized carbons (Fsp3) is 0.318. The topological polar surface area (TPSA) is 95.9 Å². The maximum Gasteiger partial charge on any atom is 0.331 e. The summed E-state index contributed by atoms with van der Waals surface area (Å²) in [4.78, 5) is 40.5. The summed E-state index contributed by atoms with van der Waals surface area (Å²) in [5.74, 6) is -2.94. The van der Waals surface area contributed by atoms with Crippen molar-refractivity contribution in [1.29, 1.82) is 0 Å². The van der Waals surface area contributed by atoms with Crippen LogP contribution in [-0.4, -0.2) is 41.4 Å². The molecule has 4 rings (SSSR count). The molecule has 2 fully saturated rings. The van der Waals surface area contributed by atoms with Crippen LogP contribution in [0.4, 0.5) is 0 Å². The van der Waals surface area contributed by atoms with Gasteiger partial charge in [0.1, 0.15) is 5.75 Å². The van der Waals surface area contributed by atoms with Gasteiger partial charge < -0.3 is 9.84 Å². The van der Waals surface area contributed by atoms with Crippen LogP contribution in [0.2, 0.25) is 0 Å². The first-order valence-corrected chi connectivity index (χ1v) is 9.52. The Labute approximate surface area is 168 Å². The number of imide groups is 1. The zero-order valence-electron chi connectivity index (χ0n) is 16.2. The third kappa shape index (κ3) is 2.73. The highest BCUT2D eigenvalue weighted by Crippen LogP contribution is 2.53. The predicted molar refractivity (Wildman–Crippen MR) is 103 cm³/mol. The van der Waals surface area contributed by atoms with Crippen molar-refractivity contribution in [2.24, 2.45) is 11.8 Å². The molecule has 0 radical (unpaired) electrons. The number of phenols is 1. The highest BCUT2D eigenvalue weighted by molar-refractivity contribution is 6.09. The minimum Gasteiger partial charge on any atom is -0.508 e. The fourth-order valence-electron chi connectivity index (χ4n) is 4.54.